The fraction of sp³-hybridized carbons (Fsp3) is 0.400. The third kappa shape index (κ3) is 3.09. The van der Waals surface area contributed by atoms with Crippen LogP contribution in [-0.4, -0.2) is 29.9 Å². The lowest BCUT2D eigenvalue weighted by Crippen LogP contribution is -2.15. The number of rotatable bonds is 5. The Labute approximate surface area is 92.6 Å². The fourth-order valence-electron chi connectivity index (χ4n) is 1.02. The Morgan fingerprint density at radius 1 is 1.56 bits per heavy atom. The van der Waals surface area contributed by atoms with Gasteiger partial charge in [0, 0.05) is 7.11 Å². The van der Waals surface area contributed by atoms with E-state index in [0.717, 1.165) is 0 Å². The molecule has 88 valence electrons. The van der Waals surface area contributed by atoms with Crippen molar-refractivity contribution >= 4 is 5.69 Å². The molecule has 0 saturated carbocycles. The lowest BCUT2D eigenvalue weighted by molar-refractivity contribution is -0.385. The quantitative estimate of drug-likeness (QED) is 0.611. The Bertz CT molecular complexity index is 379. The zero-order valence-electron chi connectivity index (χ0n) is 9.04. The van der Waals surface area contributed by atoms with Crippen molar-refractivity contribution < 1.29 is 19.5 Å². The molecular formula is C10H13NO5. The van der Waals surface area contributed by atoms with Crippen molar-refractivity contribution in [2.24, 2.45) is 0 Å². The maximum atomic E-state index is 10.5. The van der Waals surface area contributed by atoms with Crippen LogP contribution in [-0.2, 0) is 4.74 Å². The van der Waals surface area contributed by atoms with Crippen LogP contribution in [0.15, 0.2) is 18.2 Å². The number of nitro groups is 1. The number of phenols is 1. The Morgan fingerprint density at radius 2 is 2.25 bits per heavy atom. The second kappa shape index (κ2) is 5.32. The molecule has 1 unspecified atom stereocenters. The highest BCUT2D eigenvalue weighted by molar-refractivity contribution is 5.49. The number of aromatic hydroxyl groups is 1. The normalized spacial score (nSPS) is 12.1. The standard InChI is InChI=1S/C10H13NO5/c1-7(15-2)6-16-8-3-4-10(12)9(5-8)11(13)14/h3-5,7,12H,6H2,1-2H3. The predicted molar refractivity (Wildman–Crippen MR) is 56.7 cm³/mol. The average Bonchev–Trinajstić information content (AvgIpc) is 2.27. The molecule has 0 aliphatic carbocycles. The molecule has 0 saturated heterocycles. The number of nitrogens with zero attached hydrogens (tertiary/aromatic N) is 1. The van der Waals surface area contributed by atoms with E-state index in [2.05, 4.69) is 0 Å². The molecule has 1 N–H and O–H groups in total. The molecule has 1 rings (SSSR count). The molecule has 0 aromatic heterocycles. The van der Waals surface area contributed by atoms with Gasteiger partial charge in [0.05, 0.1) is 17.1 Å². The van der Waals surface area contributed by atoms with Crippen LogP contribution in [0.1, 0.15) is 6.92 Å². The SMILES string of the molecule is COC(C)COc1ccc(O)c([N+](=O)[O-])c1. The van der Waals surface area contributed by atoms with Crippen molar-refractivity contribution in [3.63, 3.8) is 0 Å². The topological polar surface area (TPSA) is 81.8 Å². The van der Waals surface area contributed by atoms with Crippen LogP contribution in [0, 0.1) is 10.1 Å². The Morgan fingerprint density at radius 3 is 2.81 bits per heavy atom. The van der Waals surface area contributed by atoms with Gasteiger partial charge in [-0.1, -0.05) is 0 Å². The van der Waals surface area contributed by atoms with Gasteiger partial charge in [0.2, 0.25) is 0 Å². The van der Waals surface area contributed by atoms with Crippen LogP contribution >= 0.6 is 0 Å². The molecule has 1 aromatic carbocycles. The van der Waals surface area contributed by atoms with Gasteiger partial charge < -0.3 is 14.6 Å². The summed E-state index contributed by atoms with van der Waals surface area (Å²) in [4.78, 5) is 9.87. The molecule has 0 radical (unpaired) electrons. The molecule has 0 amide bonds. The number of hydrogen-bond donors (Lipinski definition) is 1. The van der Waals surface area contributed by atoms with Gasteiger partial charge in [0.25, 0.3) is 0 Å². The smallest absolute Gasteiger partial charge is 0.314 e. The molecule has 0 heterocycles. The van der Waals surface area contributed by atoms with Gasteiger partial charge in [-0.2, -0.15) is 0 Å². The highest BCUT2D eigenvalue weighted by atomic mass is 16.6. The minimum absolute atomic E-state index is 0.104. The maximum Gasteiger partial charge on any atom is 0.314 e. The van der Waals surface area contributed by atoms with E-state index in [9.17, 15) is 15.2 Å². The molecular weight excluding hydrogens is 214 g/mol. The molecule has 0 aliphatic heterocycles. The first-order valence-electron chi connectivity index (χ1n) is 4.67. The fourth-order valence-corrected chi connectivity index (χ4v) is 1.02. The van der Waals surface area contributed by atoms with E-state index in [0.29, 0.717) is 12.4 Å². The summed E-state index contributed by atoms with van der Waals surface area (Å²) < 4.78 is 10.2. The Balaban J connectivity index is 2.75. The van der Waals surface area contributed by atoms with Gasteiger partial charge >= 0.3 is 5.69 Å². The molecule has 0 bridgehead atoms. The summed E-state index contributed by atoms with van der Waals surface area (Å²) in [5.41, 5.74) is -0.373. The average molecular weight is 227 g/mol. The van der Waals surface area contributed by atoms with E-state index in [1.165, 1.54) is 18.2 Å². The molecule has 6 nitrogen and oxygen atoms in total. The van der Waals surface area contributed by atoms with Crippen LogP contribution in [0.25, 0.3) is 0 Å². The first kappa shape index (κ1) is 12.3. The van der Waals surface area contributed by atoms with Gasteiger partial charge in [0.15, 0.2) is 5.75 Å². The predicted octanol–water partition coefficient (Wildman–Crippen LogP) is 1.71. The van der Waals surface area contributed by atoms with E-state index in [1.807, 2.05) is 6.92 Å². The number of ether oxygens (including phenoxy) is 2. The van der Waals surface area contributed by atoms with Crippen LogP contribution < -0.4 is 4.74 Å². The van der Waals surface area contributed by atoms with Crippen molar-refractivity contribution in [2.75, 3.05) is 13.7 Å². The lowest BCUT2D eigenvalue weighted by atomic mass is 10.3. The Hall–Kier alpha value is -1.82. The summed E-state index contributed by atoms with van der Waals surface area (Å²) in [5, 5.41) is 19.7. The first-order valence-corrected chi connectivity index (χ1v) is 4.67. The molecule has 0 fully saturated rings. The van der Waals surface area contributed by atoms with Gasteiger partial charge in [-0.05, 0) is 19.1 Å². The molecule has 16 heavy (non-hydrogen) atoms. The zero-order chi connectivity index (χ0) is 12.1. The van der Waals surface area contributed by atoms with Gasteiger partial charge in [0.1, 0.15) is 12.4 Å². The summed E-state index contributed by atoms with van der Waals surface area (Å²) in [6.45, 7) is 2.10. The van der Waals surface area contributed by atoms with Crippen LogP contribution in [0.4, 0.5) is 5.69 Å². The summed E-state index contributed by atoms with van der Waals surface area (Å²) in [6, 6.07) is 3.87. The van der Waals surface area contributed by atoms with Crippen LogP contribution in [0.5, 0.6) is 11.5 Å². The van der Waals surface area contributed by atoms with E-state index in [-0.39, 0.29) is 17.5 Å². The summed E-state index contributed by atoms with van der Waals surface area (Å²) in [5.74, 6) is -0.0504. The molecule has 0 spiro atoms. The lowest BCUT2D eigenvalue weighted by Gasteiger charge is -2.11. The highest BCUT2D eigenvalue weighted by Gasteiger charge is 2.14. The minimum Gasteiger partial charge on any atom is -0.502 e. The van der Waals surface area contributed by atoms with Gasteiger partial charge in [-0.15, -0.1) is 0 Å². The van der Waals surface area contributed by atoms with E-state index < -0.39 is 4.92 Å². The second-order valence-corrected chi connectivity index (χ2v) is 3.26. The van der Waals surface area contributed by atoms with E-state index in [4.69, 9.17) is 9.47 Å². The molecule has 1 aromatic rings. The summed E-state index contributed by atoms with van der Waals surface area (Å²) in [6.07, 6.45) is -0.104. The summed E-state index contributed by atoms with van der Waals surface area (Å²) >= 11 is 0. The molecule has 0 aliphatic rings. The molecule has 1 atom stereocenters. The number of nitro benzene ring substituents is 1. The number of hydrogen-bond acceptors (Lipinski definition) is 5. The Kier molecular flexibility index (Phi) is 4.07. The number of methoxy groups -OCH3 is 1. The number of benzene rings is 1. The third-order valence-electron chi connectivity index (χ3n) is 2.03. The van der Waals surface area contributed by atoms with E-state index in [1.54, 1.807) is 7.11 Å². The van der Waals surface area contributed by atoms with Crippen molar-refractivity contribution in [3.05, 3.63) is 28.3 Å². The number of phenolic OH excluding ortho intramolecular Hbond substituents is 1. The minimum atomic E-state index is -0.665. The van der Waals surface area contributed by atoms with Crippen molar-refractivity contribution in [2.45, 2.75) is 13.0 Å². The van der Waals surface area contributed by atoms with Crippen molar-refractivity contribution in [1.82, 2.24) is 0 Å². The van der Waals surface area contributed by atoms with Crippen molar-refractivity contribution in [1.29, 1.82) is 0 Å². The largest absolute Gasteiger partial charge is 0.502 e. The first-order chi connectivity index (χ1) is 7.54. The molecule has 6 heteroatoms. The van der Waals surface area contributed by atoms with Gasteiger partial charge in [-0.3, -0.25) is 10.1 Å². The third-order valence-corrected chi connectivity index (χ3v) is 2.03. The van der Waals surface area contributed by atoms with Crippen LogP contribution in [0.2, 0.25) is 0 Å². The zero-order valence-corrected chi connectivity index (χ0v) is 9.04. The maximum absolute atomic E-state index is 10.5. The second-order valence-electron chi connectivity index (χ2n) is 3.26. The van der Waals surface area contributed by atoms with Crippen molar-refractivity contribution in [3.8, 4) is 11.5 Å². The van der Waals surface area contributed by atoms with Gasteiger partial charge in [-0.25, -0.2) is 0 Å². The summed E-state index contributed by atoms with van der Waals surface area (Å²) in [7, 11) is 1.55. The van der Waals surface area contributed by atoms with Crippen LogP contribution in [0.3, 0.4) is 0 Å². The highest BCUT2D eigenvalue weighted by Crippen LogP contribution is 2.29. The van der Waals surface area contributed by atoms with E-state index >= 15 is 0 Å². The monoisotopic (exact) mass is 227 g/mol.